The molecule has 0 saturated carbocycles. The lowest BCUT2D eigenvalue weighted by Crippen LogP contribution is -2.46. The molecule has 0 spiro atoms. The Morgan fingerprint density at radius 1 is 1.02 bits per heavy atom. The lowest BCUT2D eigenvalue weighted by Gasteiger charge is -2.20. The number of ether oxygens (including phenoxy) is 2. The molecule has 3 aromatic carbocycles. The maximum Gasteiger partial charge on any atom is 0.262 e. The monoisotopic (exact) mass is 545 g/mol. The molecular formula is C29H31N5O6. The smallest absolute Gasteiger partial charge is 0.262 e. The molecule has 1 aliphatic heterocycles. The Morgan fingerprint density at radius 3 is 2.45 bits per heavy atom. The molecule has 4 amide bonds. The Balaban J connectivity index is 1.66. The van der Waals surface area contributed by atoms with E-state index in [1.54, 1.807) is 43.3 Å². The molecule has 0 bridgehead atoms. The van der Waals surface area contributed by atoms with Gasteiger partial charge in [0.15, 0.2) is 12.4 Å². The quantitative estimate of drug-likeness (QED) is 0.305. The van der Waals surface area contributed by atoms with E-state index >= 15 is 0 Å². The van der Waals surface area contributed by atoms with Gasteiger partial charge in [-0.05, 0) is 42.3 Å². The highest BCUT2D eigenvalue weighted by Gasteiger charge is 2.33. The number of hydrogen-bond donors (Lipinski definition) is 4. The van der Waals surface area contributed by atoms with Crippen molar-refractivity contribution in [2.75, 3.05) is 36.2 Å². The van der Waals surface area contributed by atoms with E-state index in [0.717, 1.165) is 5.69 Å². The van der Waals surface area contributed by atoms with Crippen LogP contribution in [0.4, 0.5) is 17.1 Å². The predicted octanol–water partition coefficient (Wildman–Crippen LogP) is 3.12. The Kier molecular flexibility index (Phi) is 8.53. The molecule has 0 aliphatic carbocycles. The van der Waals surface area contributed by atoms with Gasteiger partial charge in [0.25, 0.3) is 11.8 Å². The number of nitrogens with two attached hydrogens (primary N) is 1. The molecule has 0 radical (unpaired) electrons. The molecule has 1 heterocycles. The molecule has 208 valence electrons. The fourth-order valence-corrected chi connectivity index (χ4v) is 4.19. The Hall–Kier alpha value is -5.06. The van der Waals surface area contributed by atoms with E-state index in [2.05, 4.69) is 16.0 Å². The molecule has 40 heavy (non-hydrogen) atoms. The van der Waals surface area contributed by atoms with Crippen LogP contribution >= 0.6 is 0 Å². The summed E-state index contributed by atoms with van der Waals surface area (Å²) in [5.74, 6) is -1.51. The van der Waals surface area contributed by atoms with Crippen LogP contribution < -0.4 is 36.1 Å². The van der Waals surface area contributed by atoms with Gasteiger partial charge in [-0.25, -0.2) is 0 Å². The van der Waals surface area contributed by atoms with Gasteiger partial charge in [0.05, 0.1) is 16.9 Å². The van der Waals surface area contributed by atoms with Gasteiger partial charge >= 0.3 is 0 Å². The molecule has 3 aromatic rings. The van der Waals surface area contributed by atoms with E-state index in [1.165, 1.54) is 12.1 Å². The summed E-state index contributed by atoms with van der Waals surface area (Å²) in [6.45, 7) is 1.37. The van der Waals surface area contributed by atoms with Gasteiger partial charge in [-0.1, -0.05) is 31.2 Å². The number of hydrogen-bond acceptors (Lipinski definition) is 7. The van der Waals surface area contributed by atoms with Crippen LogP contribution in [0.25, 0.3) is 0 Å². The van der Waals surface area contributed by atoms with E-state index < -0.39 is 35.6 Å². The van der Waals surface area contributed by atoms with E-state index in [1.807, 2.05) is 37.2 Å². The fourth-order valence-electron chi connectivity index (χ4n) is 4.19. The largest absolute Gasteiger partial charge is 0.484 e. The fraction of sp³-hybridized carbons (Fsp3) is 0.241. The van der Waals surface area contributed by atoms with Crippen LogP contribution in [-0.4, -0.2) is 50.4 Å². The number of rotatable bonds is 10. The number of carbonyl (C=O) groups excluding carboxylic acids is 4. The zero-order valence-corrected chi connectivity index (χ0v) is 22.4. The number of amides is 4. The maximum atomic E-state index is 13.2. The highest BCUT2D eigenvalue weighted by Crippen LogP contribution is 2.37. The molecule has 2 atom stereocenters. The second-order valence-corrected chi connectivity index (χ2v) is 9.63. The van der Waals surface area contributed by atoms with Gasteiger partial charge in [0.2, 0.25) is 11.8 Å². The van der Waals surface area contributed by atoms with Crippen LogP contribution in [0.3, 0.4) is 0 Å². The van der Waals surface area contributed by atoms with Crippen LogP contribution in [0.5, 0.6) is 17.2 Å². The zero-order valence-electron chi connectivity index (χ0n) is 22.4. The van der Waals surface area contributed by atoms with Crippen molar-refractivity contribution in [1.82, 2.24) is 5.32 Å². The Morgan fingerprint density at radius 2 is 1.75 bits per heavy atom. The first-order valence-electron chi connectivity index (χ1n) is 12.6. The summed E-state index contributed by atoms with van der Waals surface area (Å²) in [7, 11) is 3.78. The molecule has 11 nitrogen and oxygen atoms in total. The first kappa shape index (κ1) is 28.0. The van der Waals surface area contributed by atoms with Crippen LogP contribution in [0, 0.1) is 5.92 Å². The molecule has 0 aromatic heterocycles. The third-order valence-electron chi connectivity index (χ3n) is 6.23. The second-order valence-electron chi connectivity index (χ2n) is 9.63. The average Bonchev–Trinajstić information content (AvgIpc) is 3.03. The van der Waals surface area contributed by atoms with Crippen LogP contribution in [0.1, 0.15) is 23.7 Å². The molecule has 0 saturated heterocycles. The molecule has 5 N–H and O–H groups in total. The van der Waals surface area contributed by atoms with Gasteiger partial charge in [-0.3, -0.25) is 19.2 Å². The van der Waals surface area contributed by atoms with E-state index in [4.69, 9.17) is 15.2 Å². The average molecular weight is 546 g/mol. The number of carbonyl (C=O) groups is 4. The van der Waals surface area contributed by atoms with Gasteiger partial charge < -0.3 is 36.1 Å². The normalized spacial score (nSPS) is 15.0. The summed E-state index contributed by atoms with van der Waals surface area (Å²) in [4.78, 5) is 52.4. The zero-order chi connectivity index (χ0) is 28.8. The van der Waals surface area contributed by atoms with Crippen molar-refractivity contribution in [3.8, 4) is 17.2 Å². The number of anilines is 3. The van der Waals surface area contributed by atoms with Crippen molar-refractivity contribution in [3.05, 3.63) is 72.3 Å². The molecule has 11 heteroatoms. The molecule has 4 rings (SSSR count). The highest BCUT2D eigenvalue weighted by molar-refractivity contribution is 6.11. The summed E-state index contributed by atoms with van der Waals surface area (Å²) in [6.07, 6.45) is -0.0893. The van der Waals surface area contributed by atoms with Crippen molar-refractivity contribution >= 4 is 40.7 Å². The topological polar surface area (TPSA) is 152 Å². The summed E-state index contributed by atoms with van der Waals surface area (Å²) in [6, 6.07) is 18.1. The lowest BCUT2D eigenvalue weighted by atomic mass is 9.97. The van der Waals surface area contributed by atoms with E-state index in [9.17, 15) is 19.2 Å². The lowest BCUT2D eigenvalue weighted by molar-refractivity contribution is -0.121. The van der Waals surface area contributed by atoms with Crippen molar-refractivity contribution in [2.45, 2.75) is 19.4 Å². The van der Waals surface area contributed by atoms with Crippen molar-refractivity contribution in [1.29, 1.82) is 0 Å². The number of fused-ring (bicyclic) bond motifs is 1. The molecule has 1 unspecified atom stereocenters. The number of para-hydroxylation sites is 1. The van der Waals surface area contributed by atoms with Crippen molar-refractivity contribution in [3.63, 3.8) is 0 Å². The minimum absolute atomic E-state index is 0.0893. The minimum Gasteiger partial charge on any atom is -0.484 e. The summed E-state index contributed by atoms with van der Waals surface area (Å²) in [5, 5.41) is 8.16. The first-order chi connectivity index (χ1) is 19.1. The van der Waals surface area contributed by atoms with Gasteiger partial charge in [0.1, 0.15) is 17.5 Å². The highest BCUT2D eigenvalue weighted by atomic mass is 16.5. The van der Waals surface area contributed by atoms with Crippen LogP contribution in [0.15, 0.2) is 66.7 Å². The van der Waals surface area contributed by atoms with Gasteiger partial charge in [-0.2, -0.15) is 0 Å². The SMILES string of the molecule is C[C@H](CC(N)=O)C1NC(=O)c2cc(Oc3cccc(N(C)C)c3)c(NC(=O)COc3ccccc3)cc2NC1=O. The molecule has 1 aliphatic rings. The summed E-state index contributed by atoms with van der Waals surface area (Å²) < 4.78 is 11.7. The Bertz CT molecular complexity index is 1430. The van der Waals surface area contributed by atoms with Crippen molar-refractivity contribution < 1.29 is 28.7 Å². The van der Waals surface area contributed by atoms with E-state index in [-0.39, 0.29) is 35.7 Å². The molecule has 0 fully saturated rings. The number of nitrogens with one attached hydrogen (secondary N) is 3. The third-order valence-corrected chi connectivity index (χ3v) is 6.23. The second kappa shape index (κ2) is 12.2. The third kappa shape index (κ3) is 6.87. The first-order valence-corrected chi connectivity index (χ1v) is 12.6. The molecular weight excluding hydrogens is 514 g/mol. The van der Waals surface area contributed by atoms with E-state index in [0.29, 0.717) is 11.5 Å². The summed E-state index contributed by atoms with van der Waals surface area (Å²) in [5.41, 5.74) is 6.69. The van der Waals surface area contributed by atoms with Crippen molar-refractivity contribution in [2.24, 2.45) is 11.7 Å². The minimum atomic E-state index is -0.995. The number of nitrogens with zero attached hydrogens (tertiary/aromatic N) is 1. The summed E-state index contributed by atoms with van der Waals surface area (Å²) >= 11 is 0. The predicted molar refractivity (Wildman–Crippen MR) is 151 cm³/mol. The maximum absolute atomic E-state index is 13.2. The number of benzene rings is 3. The van der Waals surface area contributed by atoms with Gasteiger partial charge in [0, 0.05) is 32.3 Å². The Labute approximate surface area is 231 Å². The van der Waals surface area contributed by atoms with Crippen LogP contribution in [-0.2, 0) is 14.4 Å². The van der Waals surface area contributed by atoms with Crippen LogP contribution in [0.2, 0.25) is 0 Å². The standard InChI is InChI=1S/C29H31N5O6/c1-17(12-25(30)35)27-29(38)32-22-15-23(31-26(36)16-39-19-9-5-4-6-10-19)24(14-21(22)28(37)33-27)40-20-11-7-8-18(13-20)34(2)3/h4-11,13-15,17,27H,12,16H2,1-3H3,(H2,30,35)(H,31,36)(H,32,38)(H,33,37)/t17-,27?/m1/s1. The van der Waals surface area contributed by atoms with Gasteiger partial charge in [-0.15, -0.1) is 0 Å². The number of primary amides is 1.